The normalized spacial score (nSPS) is 24.2. The van der Waals surface area contributed by atoms with Gasteiger partial charge in [0.1, 0.15) is 5.82 Å². The van der Waals surface area contributed by atoms with E-state index in [9.17, 15) is 9.50 Å². The molecule has 0 aliphatic heterocycles. The highest BCUT2D eigenvalue weighted by Crippen LogP contribution is 2.24. The van der Waals surface area contributed by atoms with E-state index in [-0.39, 0.29) is 12.4 Å². The van der Waals surface area contributed by atoms with Crippen LogP contribution >= 0.6 is 0 Å². The minimum atomic E-state index is -0.179. The van der Waals surface area contributed by atoms with Gasteiger partial charge < -0.3 is 10.4 Å². The first-order chi connectivity index (χ1) is 8.70. The average Bonchev–Trinajstić information content (AvgIpc) is 2.38. The van der Waals surface area contributed by atoms with Crippen molar-refractivity contribution < 1.29 is 9.50 Å². The van der Waals surface area contributed by atoms with Gasteiger partial charge in [-0.2, -0.15) is 0 Å². The number of hydrogen-bond acceptors (Lipinski definition) is 2. The Hall–Kier alpha value is -0.930. The standard InChI is InChI=1S/C15H22FNO/c1-11-8-14(16)7-6-12(11)9-17-15-5-3-2-4-13(15)10-18/h6-8,13,15,17-18H,2-5,9-10H2,1H3. The smallest absolute Gasteiger partial charge is 0.123 e. The molecule has 0 spiro atoms. The van der Waals surface area contributed by atoms with Gasteiger partial charge in [-0.15, -0.1) is 0 Å². The van der Waals surface area contributed by atoms with Crippen molar-refractivity contribution in [2.24, 2.45) is 5.92 Å². The third-order valence-electron chi connectivity index (χ3n) is 4.00. The summed E-state index contributed by atoms with van der Waals surface area (Å²) in [6, 6.07) is 5.32. The lowest BCUT2D eigenvalue weighted by molar-refractivity contribution is 0.152. The second-order valence-corrected chi connectivity index (χ2v) is 5.29. The second-order valence-electron chi connectivity index (χ2n) is 5.29. The van der Waals surface area contributed by atoms with E-state index in [0.29, 0.717) is 12.0 Å². The van der Waals surface area contributed by atoms with E-state index in [2.05, 4.69) is 5.32 Å². The van der Waals surface area contributed by atoms with Crippen molar-refractivity contribution >= 4 is 0 Å². The van der Waals surface area contributed by atoms with Gasteiger partial charge in [0.05, 0.1) is 0 Å². The average molecular weight is 251 g/mol. The Kier molecular flexibility index (Phi) is 4.72. The molecular formula is C15H22FNO. The van der Waals surface area contributed by atoms with Crippen LogP contribution in [0.3, 0.4) is 0 Å². The number of aryl methyl sites for hydroxylation is 1. The van der Waals surface area contributed by atoms with Gasteiger partial charge in [-0.05, 0) is 48.9 Å². The van der Waals surface area contributed by atoms with Gasteiger partial charge in [-0.1, -0.05) is 18.9 Å². The van der Waals surface area contributed by atoms with Gasteiger partial charge >= 0.3 is 0 Å². The van der Waals surface area contributed by atoms with Crippen molar-refractivity contribution in [3.63, 3.8) is 0 Å². The van der Waals surface area contributed by atoms with Gasteiger partial charge in [0.25, 0.3) is 0 Å². The third kappa shape index (κ3) is 3.30. The number of aliphatic hydroxyl groups excluding tert-OH is 1. The molecule has 0 saturated heterocycles. The quantitative estimate of drug-likeness (QED) is 0.862. The summed E-state index contributed by atoms with van der Waals surface area (Å²) >= 11 is 0. The van der Waals surface area contributed by atoms with Crippen LogP contribution in [0.25, 0.3) is 0 Å². The van der Waals surface area contributed by atoms with E-state index in [1.807, 2.05) is 13.0 Å². The molecular weight excluding hydrogens is 229 g/mol. The minimum Gasteiger partial charge on any atom is -0.396 e. The largest absolute Gasteiger partial charge is 0.396 e. The molecule has 2 N–H and O–H groups in total. The maximum absolute atomic E-state index is 13.0. The Bertz CT molecular complexity index is 394. The van der Waals surface area contributed by atoms with Crippen LogP contribution in [-0.2, 0) is 6.54 Å². The van der Waals surface area contributed by atoms with Gasteiger partial charge in [0, 0.05) is 19.2 Å². The summed E-state index contributed by atoms with van der Waals surface area (Å²) in [5, 5.41) is 12.9. The first kappa shape index (κ1) is 13.5. The predicted octanol–water partition coefficient (Wildman–Crippen LogP) is 2.77. The van der Waals surface area contributed by atoms with E-state index in [1.165, 1.54) is 18.9 Å². The Morgan fingerprint density at radius 3 is 2.83 bits per heavy atom. The predicted molar refractivity (Wildman–Crippen MR) is 70.8 cm³/mol. The zero-order chi connectivity index (χ0) is 13.0. The molecule has 100 valence electrons. The van der Waals surface area contributed by atoms with Crippen LogP contribution < -0.4 is 5.32 Å². The molecule has 0 aromatic heterocycles. The summed E-state index contributed by atoms with van der Waals surface area (Å²) < 4.78 is 13.0. The van der Waals surface area contributed by atoms with Gasteiger partial charge in [0.2, 0.25) is 0 Å². The van der Waals surface area contributed by atoms with E-state index in [4.69, 9.17) is 0 Å². The molecule has 2 unspecified atom stereocenters. The Labute approximate surface area is 108 Å². The number of aliphatic hydroxyl groups is 1. The van der Waals surface area contributed by atoms with Crippen molar-refractivity contribution in [2.45, 2.75) is 45.2 Å². The first-order valence-corrected chi connectivity index (χ1v) is 6.80. The van der Waals surface area contributed by atoms with Crippen molar-refractivity contribution in [1.29, 1.82) is 0 Å². The summed E-state index contributed by atoms with van der Waals surface area (Å²) in [5.74, 6) is 0.196. The van der Waals surface area contributed by atoms with Gasteiger partial charge in [0.15, 0.2) is 0 Å². The number of benzene rings is 1. The molecule has 1 aliphatic rings. The molecule has 0 bridgehead atoms. The molecule has 3 heteroatoms. The molecule has 0 radical (unpaired) electrons. The summed E-state index contributed by atoms with van der Waals surface area (Å²) in [6.45, 7) is 2.96. The van der Waals surface area contributed by atoms with E-state index < -0.39 is 0 Å². The number of halogens is 1. The van der Waals surface area contributed by atoms with Crippen molar-refractivity contribution in [3.8, 4) is 0 Å². The van der Waals surface area contributed by atoms with E-state index >= 15 is 0 Å². The molecule has 2 atom stereocenters. The van der Waals surface area contributed by atoms with Crippen LogP contribution in [0.5, 0.6) is 0 Å². The summed E-state index contributed by atoms with van der Waals surface area (Å²) in [4.78, 5) is 0. The Morgan fingerprint density at radius 2 is 2.11 bits per heavy atom. The molecule has 1 aromatic rings. The minimum absolute atomic E-state index is 0.179. The lowest BCUT2D eigenvalue weighted by Gasteiger charge is -2.31. The highest BCUT2D eigenvalue weighted by atomic mass is 19.1. The maximum Gasteiger partial charge on any atom is 0.123 e. The van der Waals surface area contributed by atoms with Crippen LogP contribution in [0.4, 0.5) is 4.39 Å². The zero-order valence-electron chi connectivity index (χ0n) is 11.0. The van der Waals surface area contributed by atoms with Crippen LogP contribution in [0.15, 0.2) is 18.2 Å². The van der Waals surface area contributed by atoms with Gasteiger partial charge in [-0.3, -0.25) is 0 Å². The fourth-order valence-electron chi connectivity index (χ4n) is 2.79. The van der Waals surface area contributed by atoms with Crippen LogP contribution in [0.2, 0.25) is 0 Å². The van der Waals surface area contributed by atoms with Gasteiger partial charge in [-0.25, -0.2) is 4.39 Å². The lowest BCUT2D eigenvalue weighted by Crippen LogP contribution is -2.39. The summed E-state index contributed by atoms with van der Waals surface area (Å²) in [7, 11) is 0. The van der Waals surface area contributed by atoms with E-state index in [0.717, 1.165) is 30.5 Å². The Morgan fingerprint density at radius 1 is 1.33 bits per heavy atom. The van der Waals surface area contributed by atoms with Crippen molar-refractivity contribution in [2.75, 3.05) is 6.61 Å². The molecule has 1 saturated carbocycles. The molecule has 1 aromatic carbocycles. The third-order valence-corrected chi connectivity index (χ3v) is 4.00. The second kappa shape index (κ2) is 6.30. The van der Waals surface area contributed by atoms with Crippen LogP contribution in [-0.4, -0.2) is 17.8 Å². The highest BCUT2D eigenvalue weighted by molar-refractivity contribution is 5.26. The zero-order valence-corrected chi connectivity index (χ0v) is 11.0. The van der Waals surface area contributed by atoms with Crippen LogP contribution in [0, 0.1) is 18.7 Å². The lowest BCUT2D eigenvalue weighted by atomic mass is 9.85. The first-order valence-electron chi connectivity index (χ1n) is 6.80. The fourth-order valence-corrected chi connectivity index (χ4v) is 2.79. The highest BCUT2D eigenvalue weighted by Gasteiger charge is 2.23. The van der Waals surface area contributed by atoms with Crippen molar-refractivity contribution in [1.82, 2.24) is 5.32 Å². The molecule has 0 amide bonds. The monoisotopic (exact) mass is 251 g/mol. The number of rotatable bonds is 4. The molecule has 2 nitrogen and oxygen atoms in total. The van der Waals surface area contributed by atoms with Crippen LogP contribution in [0.1, 0.15) is 36.8 Å². The fraction of sp³-hybridized carbons (Fsp3) is 0.600. The summed E-state index contributed by atoms with van der Waals surface area (Å²) in [6.07, 6.45) is 4.69. The maximum atomic E-state index is 13.0. The number of nitrogens with one attached hydrogen (secondary N) is 1. The molecule has 18 heavy (non-hydrogen) atoms. The van der Waals surface area contributed by atoms with E-state index in [1.54, 1.807) is 6.07 Å². The number of hydrogen-bond donors (Lipinski definition) is 2. The Balaban J connectivity index is 1.93. The van der Waals surface area contributed by atoms with Crippen molar-refractivity contribution in [3.05, 3.63) is 35.1 Å². The topological polar surface area (TPSA) is 32.3 Å². The molecule has 1 aliphatic carbocycles. The summed E-state index contributed by atoms with van der Waals surface area (Å²) in [5.41, 5.74) is 2.12. The molecule has 0 heterocycles. The SMILES string of the molecule is Cc1cc(F)ccc1CNC1CCCCC1CO. The molecule has 2 rings (SSSR count). The molecule has 1 fully saturated rings.